The molecule has 2 aromatic rings. The number of carboxylic acids is 1. The molecule has 0 saturated heterocycles. The van der Waals surface area contributed by atoms with Gasteiger partial charge in [-0.3, -0.25) is 14.4 Å². The van der Waals surface area contributed by atoms with Gasteiger partial charge in [0.1, 0.15) is 6.54 Å². The second kappa shape index (κ2) is 7.77. The standard InChI is InChI=1S/C15H16BrN3O4/c16-11-1-2-12-10(7-11)3-5-19(12)6-4-13(20)17-8-14(21)18-9-15(22)23/h1-3,5,7H,4,6,8-9H2,(H,17,20)(H,18,21)(H,22,23). The molecule has 8 heteroatoms. The molecule has 0 aliphatic carbocycles. The molecule has 1 heterocycles. The maximum atomic E-state index is 11.7. The summed E-state index contributed by atoms with van der Waals surface area (Å²) in [7, 11) is 0. The van der Waals surface area contributed by atoms with E-state index < -0.39 is 18.4 Å². The molecule has 1 aromatic carbocycles. The van der Waals surface area contributed by atoms with Crippen LogP contribution < -0.4 is 10.6 Å². The van der Waals surface area contributed by atoms with Gasteiger partial charge in [0.2, 0.25) is 11.8 Å². The number of aromatic nitrogens is 1. The molecular formula is C15H16BrN3O4. The normalized spacial score (nSPS) is 10.5. The van der Waals surface area contributed by atoms with Crippen LogP contribution in [0.5, 0.6) is 0 Å². The van der Waals surface area contributed by atoms with Crippen molar-refractivity contribution >= 4 is 44.6 Å². The van der Waals surface area contributed by atoms with Gasteiger partial charge >= 0.3 is 5.97 Å². The zero-order chi connectivity index (χ0) is 16.8. The van der Waals surface area contributed by atoms with E-state index in [2.05, 4.69) is 26.6 Å². The number of halogens is 1. The second-order valence-corrected chi connectivity index (χ2v) is 5.83. The Morgan fingerprint density at radius 2 is 1.83 bits per heavy atom. The number of aliphatic carboxylic acids is 1. The van der Waals surface area contributed by atoms with Crippen LogP contribution in [-0.2, 0) is 20.9 Å². The minimum absolute atomic E-state index is 0.228. The first kappa shape index (κ1) is 17.0. The summed E-state index contributed by atoms with van der Waals surface area (Å²) in [5.74, 6) is -1.93. The number of amides is 2. The average molecular weight is 382 g/mol. The average Bonchev–Trinajstić information content (AvgIpc) is 2.90. The monoisotopic (exact) mass is 381 g/mol. The van der Waals surface area contributed by atoms with Gasteiger partial charge in [-0.05, 0) is 24.3 Å². The molecule has 0 radical (unpaired) electrons. The van der Waals surface area contributed by atoms with E-state index >= 15 is 0 Å². The maximum absolute atomic E-state index is 11.7. The topological polar surface area (TPSA) is 100 Å². The lowest BCUT2D eigenvalue weighted by molar-refractivity contribution is -0.137. The first-order chi connectivity index (χ1) is 11.0. The Morgan fingerprint density at radius 1 is 1.09 bits per heavy atom. The summed E-state index contributed by atoms with van der Waals surface area (Å²) in [5.41, 5.74) is 1.03. The van der Waals surface area contributed by atoms with Crippen molar-refractivity contribution in [3.8, 4) is 0 Å². The fraction of sp³-hybridized carbons (Fsp3) is 0.267. The predicted octanol–water partition coefficient (Wildman–Crippen LogP) is 1.11. The minimum Gasteiger partial charge on any atom is -0.480 e. The van der Waals surface area contributed by atoms with E-state index in [4.69, 9.17) is 5.11 Å². The lowest BCUT2D eigenvalue weighted by Crippen LogP contribution is -2.39. The molecule has 0 unspecified atom stereocenters. The van der Waals surface area contributed by atoms with E-state index in [1.807, 2.05) is 35.0 Å². The molecule has 0 bridgehead atoms. The molecule has 0 saturated carbocycles. The summed E-state index contributed by atoms with van der Waals surface area (Å²) in [4.78, 5) is 33.3. The molecule has 1 aromatic heterocycles. The third-order valence-electron chi connectivity index (χ3n) is 3.20. The highest BCUT2D eigenvalue weighted by Crippen LogP contribution is 2.20. The van der Waals surface area contributed by atoms with Crippen LogP contribution in [0, 0.1) is 0 Å². The van der Waals surface area contributed by atoms with Crippen LogP contribution in [0.2, 0.25) is 0 Å². The van der Waals surface area contributed by atoms with Gasteiger partial charge in [-0.2, -0.15) is 0 Å². The summed E-state index contributed by atoms with van der Waals surface area (Å²) < 4.78 is 2.96. The number of carbonyl (C=O) groups is 3. The smallest absolute Gasteiger partial charge is 0.322 e. The number of nitrogens with one attached hydrogen (secondary N) is 2. The fourth-order valence-corrected chi connectivity index (χ4v) is 2.47. The Labute approximate surface area is 140 Å². The quantitative estimate of drug-likeness (QED) is 0.668. The zero-order valence-corrected chi connectivity index (χ0v) is 13.8. The van der Waals surface area contributed by atoms with Crippen molar-refractivity contribution in [3.05, 3.63) is 34.9 Å². The van der Waals surface area contributed by atoms with Gasteiger partial charge in [0.05, 0.1) is 6.54 Å². The van der Waals surface area contributed by atoms with Gasteiger partial charge in [0.15, 0.2) is 0 Å². The van der Waals surface area contributed by atoms with Crippen LogP contribution in [0.1, 0.15) is 6.42 Å². The van der Waals surface area contributed by atoms with Crippen LogP contribution in [0.4, 0.5) is 0 Å². The Kier molecular flexibility index (Phi) is 5.75. The molecule has 0 fully saturated rings. The first-order valence-corrected chi connectivity index (χ1v) is 7.74. The van der Waals surface area contributed by atoms with Crippen LogP contribution in [0.3, 0.4) is 0 Å². The molecular weight excluding hydrogens is 366 g/mol. The van der Waals surface area contributed by atoms with Crippen LogP contribution in [0.15, 0.2) is 34.9 Å². The van der Waals surface area contributed by atoms with Gasteiger partial charge in [0.25, 0.3) is 0 Å². The van der Waals surface area contributed by atoms with Crippen molar-refractivity contribution in [2.45, 2.75) is 13.0 Å². The molecule has 2 rings (SSSR count). The van der Waals surface area contributed by atoms with E-state index in [0.717, 1.165) is 15.4 Å². The Hall–Kier alpha value is -2.35. The summed E-state index contributed by atoms with van der Waals surface area (Å²) in [6, 6.07) is 7.87. The van der Waals surface area contributed by atoms with Crippen molar-refractivity contribution in [1.29, 1.82) is 0 Å². The molecule has 122 valence electrons. The van der Waals surface area contributed by atoms with Crippen molar-refractivity contribution in [2.75, 3.05) is 13.1 Å². The number of hydrogen-bond donors (Lipinski definition) is 3. The number of benzene rings is 1. The Bertz CT molecular complexity index is 741. The number of carbonyl (C=O) groups excluding carboxylic acids is 2. The Balaban J connectivity index is 1.79. The number of hydrogen-bond acceptors (Lipinski definition) is 3. The molecule has 2 amide bonds. The summed E-state index contributed by atoms with van der Waals surface area (Å²) in [6.07, 6.45) is 2.13. The Morgan fingerprint density at radius 3 is 2.57 bits per heavy atom. The zero-order valence-electron chi connectivity index (χ0n) is 12.2. The third-order valence-corrected chi connectivity index (χ3v) is 3.69. The number of nitrogens with zero attached hydrogens (tertiary/aromatic N) is 1. The highest BCUT2D eigenvalue weighted by molar-refractivity contribution is 9.10. The largest absolute Gasteiger partial charge is 0.480 e. The number of rotatable bonds is 7. The number of carboxylic acid groups (broad SMARTS) is 1. The van der Waals surface area contributed by atoms with E-state index in [9.17, 15) is 14.4 Å². The molecule has 0 aliphatic heterocycles. The SMILES string of the molecule is O=C(O)CNC(=O)CNC(=O)CCn1ccc2cc(Br)ccc21. The van der Waals surface area contributed by atoms with E-state index in [-0.39, 0.29) is 18.9 Å². The van der Waals surface area contributed by atoms with E-state index in [0.29, 0.717) is 6.54 Å². The summed E-state index contributed by atoms with van der Waals surface area (Å²) in [5, 5.41) is 14.1. The second-order valence-electron chi connectivity index (χ2n) is 4.91. The molecule has 7 nitrogen and oxygen atoms in total. The van der Waals surface area contributed by atoms with Gasteiger partial charge in [-0.25, -0.2) is 0 Å². The lowest BCUT2D eigenvalue weighted by atomic mass is 10.2. The van der Waals surface area contributed by atoms with Crippen molar-refractivity contribution in [1.82, 2.24) is 15.2 Å². The van der Waals surface area contributed by atoms with Gasteiger partial charge in [-0.1, -0.05) is 15.9 Å². The molecule has 0 atom stereocenters. The highest BCUT2D eigenvalue weighted by atomic mass is 79.9. The molecule has 0 spiro atoms. The number of fused-ring (bicyclic) bond motifs is 1. The third kappa shape index (κ3) is 5.10. The van der Waals surface area contributed by atoms with Crippen molar-refractivity contribution in [2.24, 2.45) is 0 Å². The molecule has 0 aliphatic rings. The van der Waals surface area contributed by atoms with Crippen molar-refractivity contribution in [3.63, 3.8) is 0 Å². The van der Waals surface area contributed by atoms with Gasteiger partial charge in [0, 0.05) is 34.5 Å². The predicted molar refractivity (Wildman–Crippen MR) is 87.9 cm³/mol. The minimum atomic E-state index is -1.13. The highest BCUT2D eigenvalue weighted by Gasteiger charge is 2.08. The first-order valence-electron chi connectivity index (χ1n) is 6.95. The van der Waals surface area contributed by atoms with Crippen molar-refractivity contribution < 1.29 is 19.5 Å². The summed E-state index contributed by atoms with van der Waals surface area (Å²) >= 11 is 3.41. The lowest BCUT2D eigenvalue weighted by Gasteiger charge is -2.07. The van der Waals surface area contributed by atoms with Crippen LogP contribution in [0.25, 0.3) is 10.9 Å². The maximum Gasteiger partial charge on any atom is 0.322 e. The van der Waals surface area contributed by atoms with Gasteiger partial charge < -0.3 is 20.3 Å². The van der Waals surface area contributed by atoms with Gasteiger partial charge in [-0.15, -0.1) is 0 Å². The summed E-state index contributed by atoms with van der Waals surface area (Å²) in [6.45, 7) is -0.196. The molecule has 3 N–H and O–H groups in total. The van der Waals surface area contributed by atoms with Crippen LogP contribution >= 0.6 is 15.9 Å². The number of aryl methyl sites for hydroxylation is 1. The van der Waals surface area contributed by atoms with E-state index in [1.54, 1.807) is 0 Å². The van der Waals surface area contributed by atoms with Crippen LogP contribution in [-0.4, -0.2) is 40.5 Å². The van der Waals surface area contributed by atoms with E-state index in [1.165, 1.54) is 0 Å². The molecule has 23 heavy (non-hydrogen) atoms. The fourth-order valence-electron chi connectivity index (χ4n) is 2.09.